The number of aryl methyl sites for hydroxylation is 2. The van der Waals surface area contributed by atoms with E-state index in [0.29, 0.717) is 17.1 Å². The first-order valence-electron chi connectivity index (χ1n) is 14.6. The van der Waals surface area contributed by atoms with Crippen molar-refractivity contribution >= 4 is 39.1 Å². The van der Waals surface area contributed by atoms with E-state index in [1.54, 1.807) is 36.4 Å². The highest BCUT2D eigenvalue weighted by Crippen LogP contribution is 2.29. The van der Waals surface area contributed by atoms with Crippen molar-refractivity contribution in [3.8, 4) is 0 Å². The molecule has 0 aromatic heterocycles. The Morgan fingerprint density at radius 2 is 1.62 bits per heavy atom. The fourth-order valence-electron chi connectivity index (χ4n) is 5.47. The molecule has 0 spiro atoms. The van der Waals surface area contributed by atoms with Gasteiger partial charge < -0.3 is 10.2 Å². The zero-order chi connectivity index (χ0) is 30.3. The number of halogens is 1. The summed E-state index contributed by atoms with van der Waals surface area (Å²) in [6.07, 6.45) is 5.52. The molecule has 2 amide bonds. The topological polar surface area (TPSA) is 86.8 Å². The molecule has 1 aliphatic rings. The molecule has 1 atom stereocenters. The Bertz CT molecular complexity index is 1470. The van der Waals surface area contributed by atoms with Gasteiger partial charge >= 0.3 is 0 Å². The van der Waals surface area contributed by atoms with Crippen LogP contribution in [-0.2, 0) is 26.2 Å². The van der Waals surface area contributed by atoms with E-state index < -0.39 is 28.5 Å². The molecule has 0 unspecified atom stereocenters. The average Bonchev–Trinajstić information content (AvgIpc) is 2.99. The maximum absolute atomic E-state index is 14.3. The minimum atomic E-state index is -4.11. The summed E-state index contributed by atoms with van der Waals surface area (Å²) >= 11 is 6.11. The third-order valence-electron chi connectivity index (χ3n) is 7.85. The Balaban J connectivity index is 1.72. The van der Waals surface area contributed by atoms with E-state index in [9.17, 15) is 18.0 Å². The molecular weight excluding hydrogens is 570 g/mol. The van der Waals surface area contributed by atoms with E-state index in [4.69, 9.17) is 11.6 Å². The van der Waals surface area contributed by atoms with Gasteiger partial charge in [0, 0.05) is 17.6 Å². The smallest absolute Gasteiger partial charge is 0.264 e. The lowest BCUT2D eigenvalue weighted by molar-refractivity contribution is -0.140. The van der Waals surface area contributed by atoms with Crippen molar-refractivity contribution < 1.29 is 18.0 Å². The Kier molecular flexibility index (Phi) is 10.7. The van der Waals surface area contributed by atoms with E-state index in [1.165, 1.54) is 21.3 Å². The van der Waals surface area contributed by atoms with Crippen molar-refractivity contribution in [3.05, 3.63) is 94.5 Å². The first-order valence-corrected chi connectivity index (χ1v) is 16.4. The molecule has 0 aliphatic heterocycles. The number of rotatable bonds is 11. The van der Waals surface area contributed by atoms with Gasteiger partial charge in [0.15, 0.2) is 0 Å². The first kappa shape index (κ1) is 31.6. The number of nitrogens with zero attached hydrogens (tertiary/aromatic N) is 2. The standard InChI is InChI=1S/C33H40ClN3O4S/c1-4-30(33(39)35-28-11-7-5-8-12-28)36(22-26-17-19-27(34)20-18-26)32(38)23-37(31-21-24(2)15-16-25(31)3)42(40,41)29-13-9-6-10-14-29/h6,9-10,13-21,28,30H,4-5,7-8,11-12,22-23H2,1-3H3,(H,35,39)/t30-/m1/s1. The fourth-order valence-corrected chi connectivity index (χ4v) is 7.09. The normalized spacial score (nSPS) is 14.7. The second-order valence-electron chi connectivity index (χ2n) is 11.0. The number of benzene rings is 3. The number of sulfonamides is 1. The molecule has 0 bridgehead atoms. The van der Waals surface area contributed by atoms with Gasteiger partial charge in [-0.25, -0.2) is 8.42 Å². The maximum Gasteiger partial charge on any atom is 0.264 e. The highest BCUT2D eigenvalue weighted by atomic mass is 35.5. The summed E-state index contributed by atoms with van der Waals surface area (Å²) in [5.41, 5.74) is 2.81. The molecule has 224 valence electrons. The monoisotopic (exact) mass is 609 g/mol. The highest BCUT2D eigenvalue weighted by Gasteiger charge is 2.35. The van der Waals surface area contributed by atoms with Crippen molar-refractivity contribution in [2.45, 2.75) is 82.8 Å². The molecule has 9 heteroatoms. The van der Waals surface area contributed by atoms with E-state index in [-0.39, 0.29) is 23.4 Å². The van der Waals surface area contributed by atoms with Crippen molar-refractivity contribution in [1.82, 2.24) is 10.2 Å². The van der Waals surface area contributed by atoms with Crippen LogP contribution >= 0.6 is 11.6 Å². The zero-order valence-electron chi connectivity index (χ0n) is 24.6. The molecule has 1 aliphatic carbocycles. The number of hydrogen-bond donors (Lipinski definition) is 1. The molecule has 3 aromatic carbocycles. The second kappa shape index (κ2) is 14.2. The van der Waals surface area contributed by atoms with Gasteiger partial charge in [-0.1, -0.05) is 80.3 Å². The van der Waals surface area contributed by atoms with E-state index in [1.807, 2.05) is 45.0 Å². The molecule has 42 heavy (non-hydrogen) atoms. The van der Waals surface area contributed by atoms with Crippen molar-refractivity contribution in [2.24, 2.45) is 0 Å². The van der Waals surface area contributed by atoms with E-state index in [2.05, 4.69) is 5.32 Å². The summed E-state index contributed by atoms with van der Waals surface area (Å²) in [6.45, 7) is 5.26. The summed E-state index contributed by atoms with van der Waals surface area (Å²) in [5.74, 6) is -0.674. The van der Waals surface area contributed by atoms with Crippen LogP contribution in [0.25, 0.3) is 0 Å². The molecule has 4 rings (SSSR count). The third-order valence-corrected chi connectivity index (χ3v) is 9.87. The van der Waals surface area contributed by atoms with E-state index >= 15 is 0 Å². The largest absolute Gasteiger partial charge is 0.352 e. The predicted octanol–water partition coefficient (Wildman–Crippen LogP) is 6.41. The zero-order valence-corrected chi connectivity index (χ0v) is 26.1. The van der Waals surface area contributed by atoms with Crippen LogP contribution in [0.1, 0.15) is 62.1 Å². The lowest BCUT2D eigenvalue weighted by Gasteiger charge is -2.34. The number of carbonyl (C=O) groups excluding carboxylic acids is 2. The quantitative estimate of drug-likeness (QED) is 0.272. The molecule has 0 radical (unpaired) electrons. The summed E-state index contributed by atoms with van der Waals surface area (Å²) in [4.78, 5) is 29.5. The van der Waals surface area contributed by atoms with Gasteiger partial charge in [0.2, 0.25) is 11.8 Å². The molecular formula is C33H40ClN3O4S. The Morgan fingerprint density at radius 1 is 0.952 bits per heavy atom. The SMILES string of the molecule is CC[C@H](C(=O)NC1CCCCC1)N(Cc1ccc(Cl)cc1)C(=O)CN(c1cc(C)ccc1C)S(=O)(=O)c1ccccc1. The Labute approximate surface area is 254 Å². The lowest BCUT2D eigenvalue weighted by atomic mass is 9.95. The Morgan fingerprint density at radius 3 is 2.26 bits per heavy atom. The third kappa shape index (κ3) is 7.72. The van der Waals surface area contributed by atoms with Crippen LogP contribution in [0.2, 0.25) is 5.02 Å². The second-order valence-corrected chi connectivity index (χ2v) is 13.3. The van der Waals surface area contributed by atoms with Gasteiger partial charge in [0.25, 0.3) is 10.0 Å². The molecule has 0 heterocycles. The van der Waals surface area contributed by atoms with Crippen LogP contribution < -0.4 is 9.62 Å². The van der Waals surface area contributed by atoms with Crippen LogP contribution in [0.4, 0.5) is 5.69 Å². The summed E-state index contributed by atoms with van der Waals surface area (Å²) in [5, 5.41) is 3.74. The minimum absolute atomic E-state index is 0.0812. The van der Waals surface area contributed by atoms with Crippen molar-refractivity contribution in [1.29, 1.82) is 0 Å². The van der Waals surface area contributed by atoms with Gasteiger partial charge in [-0.2, -0.15) is 0 Å². The van der Waals surface area contributed by atoms with Crippen LogP contribution in [0.5, 0.6) is 0 Å². The van der Waals surface area contributed by atoms with Crippen LogP contribution in [-0.4, -0.2) is 43.8 Å². The summed E-state index contributed by atoms with van der Waals surface area (Å²) < 4.78 is 29.3. The van der Waals surface area contributed by atoms with Crippen molar-refractivity contribution in [3.63, 3.8) is 0 Å². The van der Waals surface area contributed by atoms with Gasteiger partial charge in [-0.05, 0) is 80.1 Å². The Hall–Kier alpha value is -3.36. The van der Waals surface area contributed by atoms with Crippen LogP contribution in [0, 0.1) is 13.8 Å². The lowest BCUT2D eigenvalue weighted by Crippen LogP contribution is -2.54. The number of amides is 2. The molecule has 1 fully saturated rings. The molecule has 1 N–H and O–H groups in total. The number of carbonyl (C=O) groups is 2. The fraction of sp³-hybridized carbons (Fsp3) is 0.394. The van der Waals surface area contributed by atoms with Gasteiger partial charge in [-0.3, -0.25) is 13.9 Å². The highest BCUT2D eigenvalue weighted by molar-refractivity contribution is 7.92. The summed E-state index contributed by atoms with van der Waals surface area (Å²) in [6, 6.07) is 20.1. The average molecular weight is 610 g/mol. The van der Waals surface area contributed by atoms with Gasteiger partial charge in [0.1, 0.15) is 12.6 Å². The number of anilines is 1. The molecule has 3 aromatic rings. The van der Waals surface area contributed by atoms with E-state index in [0.717, 1.165) is 48.8 Å². The van der Waals surface area contributed by atoms with Gasteiger partial charge in [-0.15, -0.1) is 0 Å². The number of nitrogens with one attached hydrogen (secondary N) is 1. The van der Waals surface area contributed by atoms with Crippen LogP contribution in [0.3, 0.4) is 0 Å². The maximum atomic E-state index is 14.3. The molecule has 7 nitrogen and oxygen atoms in total. The predicted molar refractivity (Wildman–Crippen MR) is 168 cm³/mol. The minimum Gasteiger partial charge on any atom is -0.352 e. The molecule has 0 saturated heterocycles. The van der Waals surface area contributed by atoms with Gasteiger partial charge in [0.05, 0.1) is 10.6 Å². The first-order chi connectivity index (χ1) is 20.1. The van der Waals surface area contributed by atoms with Crippen LogP contribution in [0.15, 0.2) is 77.7 Å². The summed E-state index contributed by atoms with van der Waals surface area (Å²) in [7, 11) is -4.11. The number of hydrogen-bond acceptors (Lipinski definition) is 4. The molecule has 1 saturated carbocycles. The van der Waals surface area contributed by atoms with Crippen molar-refractivity contribution in [2.75, 3.05) is 10.8 Å².